The molecule has 8 heteroatoms. The summed E-state index contributed by atoms with van der Waals surface area (Å²) < 4.78 is 18.6. The number of methoxy groups -OCH3 is 1. The van der Waals surface area contributed by atoms with Gasteiger partial charge in [-0.3, -0.25) is 0 Å². The highest BCUT2D eigenvalue weighted by Gasteiger charge is 2.23. The van der Waals surface area contributed by atoms with Crippen molar-refractivity contribution in [2.45, 2.75) is 31.9 Å². The predicted octanol–water partition coefficient (Wildman–Crippen LogP) is 1.40. The molecular weight excluding hydrogens is 317 g/mol. The number of amides is 2. The van der Waals surface area contributed by atoms with Crippen LogP contribution < -0.4 is 15.4 Å². The van der Waals surface area contributed by atoms with E-state index in [0.29, 0.717) is 24.1 Å². The van der Waals surface area contributed by atoms with E-state index in [9.17, 15) is 9.18 Å². The fraction of sp³-hybridized carbons (Fsp3) is 0.500. The van der Waals surface area contributed by atoms with Crippen LogP contribution in [0.1, 0.15) is 25.3 Å². The van der Waals surface area contributed by atoms with E-state index < -0.39 is 5.82 Å². The standard InChI is InChI=1S/C16H22FN3O4/c1-3-11(9-21)19-16(22)18-8-12-7-14(20-24-12)10-4-5-15(23-2)13(17)6-10/h4-6,11-12,21H,3,7-9H2,1-2H3,(H2,18,19,22)/t11-,12+/m1/s1. The molecule has 1 aromatic carbocycles. The number of rotatable bonds is 7. The van der Waals surface area contributed by atoms with Gasteiger partial charge in [0.15, 0.2) is 17.7 Å². The van der Waals surface area contributed by atoms with Gasteiger partial charge in [-0.25, -0.2) is 9.18 Å². The predicted molar refractivity (Wildman–Crippen MR) is 86.7 cm³/mol. The highest BCUT2D eigenvalue weighted by molar-refractivity contribution is 6.01. The number of carbonyl (C=O) groups excluding carboxylic acids is 1. The van der Waals surface area contributed by atoms with E-state index >= 15 is 0 Å². The number of benzene rings is 1. The zero-order valence-electron chi connectivity index (χ0n) is 13.7. The quantitative estimate of drug-likeness (QED) is 0.700. The second kappa shape index (κ2) is 8.49. The molecule has 2 amide bonds. The van der Waals surface area contributed by atoms with Crippen molar-refractivity contribution < 1.29 is 23.9 Å². The number of hydrogen-bond donors (Lipinski definition) is 3. The van der Waals surface area contributed by atoms with Gasteiger partial charge in [0.25, 0.3) is 0 Å². The molecule has 2 atom stereocenters. The van der Waals surface area contributed by atoms with Crippen LogP contribution in [0.15, 0.2) is 23.4 Å². The van der Waals surface area contributed by atoms with E-state index in [1.807, 2.05) is 6.92 Å². The number of nitrogens with zero attached hydrogens (tertiary/aromatic N) is 1. The lowest BCUT2D eigenvalue weighted by atomic mass is 10.0. The molecule has 7 nitrogen and oxygen atoms in total. The Balaban J connectivity index is 1.82. The van der Waals surface area contributed by atoms with E-state index in [4.69, 9.17) is 14.7 Å². The van der Waals surface area contributed by atoms with Crippen molar-refractivity contribution in [1.82, 2.24) is 10.6 Å². The molecule has 0 aliphatic carbocycles. The second-order valence-electron chi connectivity index (χ2n) is 5.46. The Hall–Kier alpha value is -2.35. The van der Waals surface area contributed by atoms with Gasteiger partial charge in [-0.15, -0.1) is 0 Å². The monoisotopic (exact) mass is 339 g/mol. The number of oxime groups is 1. The number of ether oxygens (including phenoxy) is 1. The van der Waals surface area contributed by atoms with E-state index in [0.717, 1.165) is 0 Å². The van der Waals surface area contributed by atoms with Gasteiger partial charge in [0, 0.05) is 12.0 Å². The van der Waals surface area contributed by atoms with Crippen LogP contribution >= 0.6 is 0 Å². The summed E-state index contributed by atoms with van der Waals surface area (Å²) in [5, 5.41) is 18.3. The molecule has 0 aromatic heterocycles. The molecule has 1 heterocycles. The molecule has 0 spiro atoms. The zero-order valence-corrected chi connectivity index (χ0v) is 13.7. The van der Waals surface area contributed by atoms with E-state index in [2.05, 4.69) is 15.8 Å². The lowest BCUT2D eigenvalue weighted by Gasteiger charge is -2.16. The van der Waals surface area contributed by atoms with Crippen molar-refractivity contribution in [2.24, 2.45) is 5.16 Å². The van der Waals surface area contributed by atoms with Crippen LogP contribution in [-0.4, -0.2) is 49.3 Å². The average molecular weight is 339 g/mol. The van der Waals surface area contributed by atoms with Gasteiger partial charge in [-0.1, -0.05) is 12.1 Å². The molecule has 0 bridgehead atoms. The molecule has 2 rings (SSSR count). The summed E-state index contributed by atoms with van der Waals surface area (Å²) >= 11 is 0. The third kappa shape index (κ3) is 4.58. The molecule has 1 aromatic rings. The van der Waals surface area contributed by atoms with Crippen LogP contribution in [0.4, 0.5) is 9.18 Å². The van der Waals surface area contributed by atoms with Gasteiger partial charge in [0.2, 0.25) is 0 Å². The Morgan fingerprint density at radius 3 is 3.00 bits per heavy atom. The second-order valence-corrected chi connectivity index (χ2v) is 5.46. The molecular formula is C16H22FN3O4. The fourth-order valence-electron chi connectivity index (χ4n) is 2.27. The number of aliphatic hydroxyl groups is 1. The maximum atomic E-state index is 13.7. The van der Waals surface area contributed by atoms with Crippen molar-refractivity contribution >= 4 is 11.7 Å². The van der Waals surface area contributed by atoms with Gasteiger partial charge in [0.05, 0.1) is 32.0 Å². The summed E-state index contributed by atoms with van der Waals surface area (Å²) in [5.41, 5.74) is 1.23. The lowest BCUT2D eigenvalue weighted by Crippen LogP contribution is -2.45. The van der Waals surface area contributed by atoms with Crippen LogP contribution in [-0.2, 0) is 4.84 Å². The molecule has 24 heavy (non-hydrogen) atoms. The van der Waals surface area contributed by atoms with Crippen LogP contribution in [0.25, 0.3) is 0 Å². The smallest absolute Gasteiger partial charge is 0.315 e. The molecule has 1 aliphatic heterocycles. The normalized spacial score (nSPS) is 17.7. The van der Waals surface area contributed by atoms with Gasteiger partial charge < -0.3 is 25.3 Å². The number of aliphatic hydroxyl groups excluding tert-OH is 1. The van der Waals surface area contributed by atoms with Crippen molar-refractivity contribution in [3.63, 3.8) is 0 Å². The number of urea groups is 1. The third-order valence-corrected chi connectivity index (χ3v) is 3.76. The summed E-state index contributed by atoms with van der Waals surface area (Å²) in [6, 6.07) is 3.94. The summed E-state index contributed by atoms with van der Waals surface area (Å²) in [7, 11) is 1.40. The van der Waals surface area contributed by atoms with Crippen LogP contribution in [0.2, 0.25) is 0 Å². The van der Waals surface area contributed by atoms with Crippen molar-refractivity contribution in [2.75, 3.05) is 20.3 Å². The van der Waals surface area contributed by atoms with Gasteiger partial charge in [0.1, 0.15) is 0 Å². The average Bonchev–Trinajstić information content (AvgIpc) is 3.06. The summed E-state index contributed by atoms with van der Waals surface area (Å²) in [4.78, 5) is 17.0. The van der Waals surface area contributed by atoms with Crippen molar-refractivity contribution in [3.05, 3.63) is 29.6 Å². The Morgan fingerprint density at radius 1 is 1.58 bits per heavy atom. The molecule has 0 saturated heterocycles. The van der Waals surface area contributed by atoms with Gasteiger partial charge in [-0.2, -0.15) is 0 Å². The fourth-order valence-corrected chi connectivity index (χ4v) is 2.27. The van der Waals surface area contributed by atoms with Crippen molar-refractivity contribution in [3.8, 4) is 5.75 Å². The van der Waals surface area contributed by atoms with Crippen LogP contribution in [0.3, 0.4) is 0 Å². The van der Waals surface area contributed by atoms with E-state index in [1.54, 1.807) is 6.07 Å². The SMILES string of the molecule is CC[C@H](CO)NC(=O)NC[C@@H]1CC(c2ccc(OC)c(F)c2)=NO1. The molecule has 1 aliphatic rings. The molecule has 0 fully saturated rings. The largest absolute Gasteiger partial charge is 0.494 e. The summed E-state index contributed by atoms with van der Waals surface area (Å²) in [6.45, 7) is 2.02. The first-order valence-corrected chi connectivity index (χ1v) is 7.79. The number of nitrogens with one attached hydrogen (secondary N) is 2. The highest BCUT2D eigenvalue weighted by Crippen LogP contribution is 2.22. The third-order valence-electron chi connectivity index (χ3n) is 3.76. The number of carbonyl (C=O) groups is 1. The Bertz CT molecular complexity index is 605. The minimum absolute atomic E-state index is 0.111. The molecule has 0 saturated carbocycles. The van der Waals surface area contributed by atoms with Gasteiger partial charge in [-0.05, 0) is 24.6 Å². The maximum absolute atomic E-state index is 13.7. The first-order chi connectivity index (χ1) is 11.6. The molecule has 0 radical (unpaired) electrons. The van der Waals surface area contributed by atoms with Crippen LogP contribution in [0, 0.1) is 5.82 Å². The summed E-state index contributed by atoms with van der Waals surface area (Å²) in [6.07, 6.45) is 0.786. The summed E-state index contributed by atoms with van der Waals surface area (Å²) in [5.74, 6) is -0.296. The number of halogens is 1. The lowest BCUT2D eigenvalue weighted by molar-refractivity contribution is 0.0863. The molecule has 132 valence electrons. The minimum Gasteiger partial charge on any atom is -0.494 e. The Morgan fingerprint density at radius 2 is 2.38 bits per heavy atom. The molecule has 0 unspecified atom stereocenters. The van der Waals surface area contributed by atoms with Gasteiger partial charge >= 0.3 is 6.03 Å². The topological polar surface area (TPSA) is 92.2 Å². The Kier molecular flexibility index (Phi) is 6.36. The first kappa shape index (κ1) is 18.0. The first-order valence-electron chi connectivity index (χ1n) is 7.79. The minimum atomic E-state index is -0.465. The van der Waals surface area contributed by atoms with Crippen molar-refractivity contribution in [1.29, 1.82) is 0 Å². The van der Waals surface area contributed by atoms with Crippen LogP contribution in [0.5, 0.6) is 5.75 Å². The molecule has 3 N–H and O–H groups in total. The van der Waals surface area contributed by atoms with E-state index in [-0.39, 0.29) is 37.1 Å². The highest BCUT2D eigenvalue weighted by atomic mass is 19.1. The zero-order chi connectivity index (χ0) is 17.5. The Labute approximate surface area is 139 Å². The van der Waals surface area contributed by atoms with E-state index in [1.165, 1.54) is 19.2 Å². The number of hydrogen-bond acceptors (Lipinski definition) is 5. The maximum Gasteiger partial charge on any atom is 0.315 e.